The van der Waals surface area contributed by atoms with Crippen molar-refractivity contribution in [3.05, 3.63) is 65.5 Å². The molecule has 2 nitrogen and oxygen atoms in total. The first-order chi connectivity index (χ1) is 10.8. The van der Waals surface area contributed by atoms with E-state index in [0.717, 1.165) is 12.1 Å². The van der Waals surface area contributed by atoms with E-state index in [2.05, 4.69) is 5.32 Å². The van der Waals surface area contributed by atoms with Crippen LogP contribution >= 0.6 is 11.8 Å². The minimum atomic E-state index is -4.38. The minimum absolute atomic E-state index is 0.0623. The summed E-state index contributed by atoms with van der Waals surface area (Å²) in [4.78, 5) is 11.7. The second-order valence-electron chi connectivity index (χ2n) is 4.75. The lowest BCUT2D eigenvalue weighted by molar-refractivity contribution is -0.137. The number of halogens is 4. The number of hydrogen-bond acceptors (Lipinski definition) is 2. The predicted octanol–water partition coefficient (Wildman–Crippen LogP) is 4.72. The number of anilines is 1. The number of thioether (sulfide) groups is 1. The molecule has 1 N–H and O–H groups in total. The molecule has 7 heteroatoms. The van der Waals surface area contributed by atoms with Gasteiger partial charge in [0.2, 0.25) is 5.91 Å². The Morgan fingerprint density at radius 1 is 1.09 bits per heavy atom. The van der Waals surface area contributed by atoms with E-state index < -0.39 is 17.6 Å². The van der Waals surface area contributed by atoms with Crippen LogP contribution in [0.25, 0.3) is 0 Å². The van der Waals surface area contributed by atoms with Gasteiger partial charge in [-0.15, -0.1) is 11.8 Å². The number of nitrogens with one attached hydrogen (secondary N) is 1. The summed E-state index contributed by atoms with van der Waals surface area (Å²) >= 11 is 1.18. The summed E-state index contributed by atoms with van der Waals surface area (Å²) in [7, 11) is 0. The molecule has 2 aromatic rings. The molecule has 0 saturated heterocycles. The fraction of sp³-hybridized carbons (Fsp3) is 0.188. The van der Waals surface area contributed by atoms with Gasteiger partial charge in [-0.25, -0.2) is 4.39 Å². The zero-order valence-electron chi connectivity index (χ0n) is 11.9. The van der Waals surface area contributed by atoms with Gasteiger partial charge in [-0.2, -0.15) is 13.2 Å². The number of benzene rings is 2. The van der Waals surface area contributed by atoms with E-state index in [1.165, 1.54) is 36.0 Å². The van der Waals surface area contributed by atoms with Crippen LogP contribution in [0.3, 0.4) is 0 Å². The maximum atomic E-state index is 13.0. The SMILES string of the molecule is O=C(CSCc1cccc(C(F)(F)F)c1)Nc1cccc(F)c1. The van der Waals surface area contributed by atoms with E-state index in [-0.39, 0.29) is 17.4 Å². The van der Waals surface area contributed by atoms with Gasteiger partial charge in [-0.3, -0.25) is 4.79 Å². The highest BCUT2D eigenvalue weighted by Gasteiger charge is 2.30. The van der Waals surface area contributed by atoms with E-state index in [4.69, 9.17) is 0 Å². The van der Waals surface area contributed by atoms with Crippen LogP contribution < -0.4 is 5.32 Å². The fourth-order valence-electron chi connectivity index (χ4n) is 1.86. The molecule has 2 aromatic carbocycles. The maximum Gasteiger partial charge on any atom is 0.416 e. The lowest BCUT2D eigenvalue weighted by atomic mass is 10.1. The van der Waals surface area contributed by atoms with Crippen LogP contribution in [-0.4, -0.2) is 11.7 Å². The van der Waals surface area contributed by atoms with Crippen molar-refractivity contribution < 1.29 is 22.4 Å². The van der Waals surface area contributed by atoms with E-state index in [0.29, 0.717) is 11.3 Å². The lowest BCUT2D eigenvalue weighted by Crippen LogP contribution is -2.14. The Labute approximate surface area is 134 Å². The first-order valence-corrected chi connectivity index (χ1v) is 7.79. The molecule has 0 heterocycles. The van der Waals surface area contributed by atoms with Crippen molar-refractivity contribution in [2.75, 3.05) is 11.1 Å². The number of hydrogen-bond donors (Lipinski definition) is 1. The van der Waals surface area contributed by atoms with E-state index >= 15 is 0 Å². The summed E-state index contributed by atoms with van der Waals surface area (Å²) in [6.07, 6.45) is -4.38. The van der Waals surface area contributed by atoms with Crippen molar-refractivity contribution in [1.82, 2.24) is 0 Å². The van der Waals surface area contributed by atoms with Gasteiger partial charge < -0.3 is 5.32 Å². The van der Waals surface area contributed by atoms with Crippen LogP contribution in [0.1, 0.15) is 11.1 Å². The Bertz CT molecular complexity index is 688. The summed E-state index contributed by atoms with van der Waals surface area (Å²) < 4.78 is 50.8. The topological polar surface area (TPSA) is 29.1 Å². The Balaban J connectivity index is 1.84. The molecule has 0 unspecified atom stereocenters. The van der Waals surface area contributed by atoms with Gasteiger partial charge in [0.05, 0.1) is 11.3 Å². The molecule has 2 rings (SSSR count). The average molecular weight is 343 g/mol. The van der Waals surface area contributed by atoms with Crippen LogP contribution in [0.5, 0.6) is 0 Å². The zero-order valence-corrected chi connectivity index (χ0v) is 12.7. The number of amides is 1. The molecular weight excluding hydrogens is 330 g/mol. The van der Waals surface area contributed by atoms with E-state index in [1.807, 2.05) is 0 Å². The van der Waals surface area contributed by atoms with Gasteiger partial charge >= 0.3 is 6.18 Å². The highest BCUT2D eigenvalue weighted by Crippen LogP contribution is 2.30. The van der Waals surface area contributed by atoms with Crippen LogP contribution in [0.2, 0.25) is 0 Å². The van der Waals surface area contributed by atoms with Crippen molar-refractivity contribution in [2.24, 2.45) is 0 Å². The summed E-state index contributed by atoms with van der Waals surface area (Å²) in [5, 5.41) is 2.52. The van der Waals surface area contributed by atoms with Crippen molar-refractivity contribution in [3.63, 3.8) is 0 Å². The highest BCUT2D eigenvalue weighted by molar-refractivity contribution is 7.99. The molecule has 23 heavy (non-hydrogen) atoms. The number of carbonyl (C=O) groups excluding carboxylic acids is 1. The third kappa shape index (κ3) is 5.59. The molecule has 0 fully saturated rings. The lowest BCUT2D eigenvalue weighted by Gasteiger charge is -2.09. The third-order valence-electron chi connectivity index (χ3n) is 2.86. The molecular formula is C16H13F4NOS. The highest BCUT2D eigenvalue weighted by atomic mass is 32.2. The summed E-state index contributed by atoms with van der Waals surface area (Å²) in [6.45, 7) is 0. The van der Waals surface area contributed by atoms with Crippen LogP contribution in [0.4, 0.5) is 23.2 Å². The van der Waals surface area contributed by atoms with Gasteiger partial charge in [0.1, 0.15) is 5.82 Å². The summed E-state index contributed by atoms with van der Waals surface area (Å²) in [5.41, 5.74) is 0.123. The third-order valence-corrected chi connectivity index (χ3v) is 3.87. The zero-order chi connectivity index (χ0) is 16.9. The number of alkyl halides is 3. The van der Waals surface area contributed by atoms with Crippen molar-refractivity contribution in [2.45, 2.75) is 11.9 Å². The molecule has 122 valence electrons. The van der Waals surface area contributed by atoms with Crippen molar-refractivity contribution in [1.29, 1.82) is 0 Å². The Morgan fingerprint density at radius 3 is 2.52 bits per heavy atom. The average Bonchev–Trinajstić information content (AvgIpc) is 2.46. The van der Waals surface area contributed by atoms with Crippen LogP contribution in [0, 0.1) is 5.82 Å². The molecule has 0 bridgehead atoms. The normalized spacial score (nSPS) is 11.3. The van der Waals surface area contributed by atoms with Crippen LogP contribution in [0.15, 0.2) is 48.5 Å². The summed E-state index contributed by atoms with van der Waals surface area (Å²) in [5.74, 6) is -0.459. The molecule has 0 saturated carbocycles. The van der Waals surface area contributed by atoms with E-state index in [9.17, 15) is 22.4 Å². The Kier molecular flexibility index (Phi) is 5.65. The standard InChI is InChI=1S/C16H13F4NOS/c17-13-5-2-6-14(8-13)21-15(22)10-23-9-11-3-1-4-12(7-11)16(18,19)20/h1-8H,9-10H2,(H,21,22). The minimum Gasteiger partial charge on any atom is -0.325 e. The van der Waals surface area contributed by atoms with Gasteiger partial charge in [0.25, 0.3) is 0 Å². The molecule has 1 amide bonds. The first kappa shape index (κ1) is 17.3. The van der Waals surface area contributed by atoms with Gasteiger partial charge in [-0.1, -0.05) is 24.3 Å². The first-order valence-electron chi connectivity index (χ1n) is 6.64. The Hall–Kier alpha value is -2.02. The smallest absolute Gasteiger partial charge is 0.325 e. The van der Waals surface area contributed by atoms with Crippen molar-refractivity contribution >= 4 is 23.4 Å². The van der Waals surface area contributed by atoms with Gasteiger partial charge in [0, 0.05) is 11.4 Å². The van der Waals surface area contributed by atoms with Crippen molar-refractivity contribution in [3.8, 4) is 0 Å². The molecule has 0 radical (unpaired) electrons. The second kappa shape index (κ2) is 7.50. The fourth-order valence-corrected chi connectivity index (χ4v) is 2.64. The number of rotatable bonds is 5. The van der Waals surface area contributed by atoms with E-state index in [1.54, 1.807) is 12.1 Å². The second-order valence-corrected chi connectivity index (χ2v) is 5.74. The van der Waals surface area contributed by atoms with Gasteiger partial charge in [-0.05, 0) is 29.8 Å². The van der Waals surface area contributed by atoms with Gasteiger partial charge in [0.15, 0.2) is 0 Å². The predicted molar refractivity (Wildman–Crippen MR) is 82.6 cm³/mol. The molecule has 0 spiro atoms. The molecule has 0 aliphatic heterocycles. The van der Waals surface area contributed by atoms with Crippen LogP contribution in [-0.2, 0) is 16.7 Å². The molecule has 0 atom stereocenters. The Morgan fingerprint density at radius 2 is 1.83 bits per heavy atom. The molecule has 0 aliphatic rings. The summed E-state index contributed by atoms with van der Waals surface area (Å²) in [6, 6.07) is 10.5. The largest absolute Gasteiger partial charge is 0.416 e. The number of carbonyl (C=O) groups is 1. The molecule has 0 aromatic heterocycles. The quantitative estimate of drug-likeness (QED) is 0.796. The molecule has 0 aliphatic carbocycles. The maximum absolute atomic E-state index is 13.0. The monoisotopic (exact) mass is 343 g/mol.